The number of hydrogen-bond acceptors (Lipinski definition) is 3. The van der Waals surface area contributed by atoms with Crippen molar-refractivity contribution in [2.24, 2.45) is 13.0 Å². The average molecular weight is 285 g/mol. The molecule has 21 heavy (non-hydrogen) atoms. The molecule has 1 saturated carbocycles. The van der Waals surface area contributed by atoms with E-state index in [4.69, 9.17) is 4.74 Å². The number of methoxy groups -OCH3 is 1. The van der Waals surface area contributed by atoms with Gasteiger partial charge in [0, 0.05) is 19.6 Å². The second-order valence-corrected chi connectivity index (χ2v) is 5.80. The number of ether oxygens (including phenoxy) is 1. The molecule has 1 atom stereocenters. The zero-order valence-corrected chi connectivity index (χ0v) is 13.0. The molecule has 1 unspecified atom stereocenters. The number of nitrogens with zero attached hydrogens (tertiary/aromatic N) is 2. The van der Waals surface area contributed by atoms with Crippen LogP contribution in [-0.2, 0) is 13.6 Å². The van der Waals surface area contributed by atoms with Crippen molar-refractivity contribution in [3.63, 3.8) is 0 Å². The van der Waals surface area contributed by atoms with E-state index in [9.17, 15) is 0 Å². The van der Waals surface area contributed by atoms with Gasteiger partial charge in [-0.3, -0.25) is 0 Å². The molecular weight excluding hydrogens is 262 g/mol. The number of aromatic nitrogens is 2. The predicted molar refractivity (Wildman–Crippen MR) is 83.2 cm³/mol. The minimum atomic E-state index is 0.426. The highest BCUT2D eigenvalue weighted by atomic mass is 16.5. The Hall–Kier alpha value is -1.81. The summed E-state index contributed by atoms with van der Waals surface area (Å²) >= 11 is 0. The van der Waals surface area contributed by atoms with Gasteiger partial charge in [-0.15, -0.1) is 0 Å². The normalized spacial score (nSPS) is 16.0. The molecule has 4 nitrogen and oxygen atoms in total. The second-order valence-electron chi connectivity index (χ2n) is 5.80. The van der Waals surface area contributed by atoms with Crippen LogP contribution < -0.4 is 10.1 Å². The maximum atomic E-state index is 5.47. The third-order valence-corrected chi connectivity index (χ3v) is 4.23. The lowest BCUT2D eigenvalue weighted by atomic mass is 10.0. The van der Waals surface area contributed by atoms with E-state index >= 15 is 0 Å². The van der Waals surface area contributed by atoms with Gasteiger partial charge in [0.2, 0.25) is 5.88 Å². The molecule has 0 aliphatic heterocycles. The number of rotatable bonds is 6. The van der Waals surface area contributed by atoms with Crippen LogP contribution in [0.15, 0.2) is 30.3 Å². The highest BCUT2D eigenvalue weighted by Gasteiger charge is 2.32. The Labute approximate surface area is 126 Å². The molecule has 0 spiro atoms. The summed E-state index contributed by atoms with van der Waals surface area (Å²) in [6.07, 6.45) is 2.63. The molecule has 1 aromatic heterocycles. The smallest absolute Gasteiger partial charge is 0.216 e. The predicted octanol–water partition coefficient (Wildman–Crippen LogP) is 2.98. The van der Waals surface area contributed by atoms with Gasteiger partial charge in [0.25, 0.3) is 0 Å². The first kappa shape index (κ1) is 14.1. The third-order valence-electron chi connectivity index (χ3n) is 4.23. The van der Waals surface area contributed by atoms with Crippen LogP contribution in [0.3, 0.4) is 0 Å². The lowest BCUT2D eigenvalue weighted by Crippen LogP contribution is -2.23. The fourth-order valence-electron chi connectivity index (χ4n) is 3.00. The van der Waals surface area contributed by atoms with Crippen LogP contribution in [-0.4, -0.2) is 16.9 Å². The van der Waals surface area contributed by atoms with Crippen LogP contribution in [0.2, 0.25) is 0 Å². The molecule has 1 aliphatic carbocycles. The Morgan fingerprint density at radius 2 is 2.05 bits per heavy atom. The largest absolute Gasteiger partial charge is 0.481 e. The summed E-state index contributed by atoms with van der Waals surface area (Å²) in [5, 5.41) is 8.15. The molecule has 4 heteroatoms. The highest BCUT2D eigenvalue weighted by Crippen LogP contribution is 2.41. The van der Waals surface area contributed by atoms with Crippen LogP contribution in [0.25, 0.3) is 0 Å². The van der Waals surface area contributed by atoms with E-state index in [-0.39, 0.29) is 0 Å². The van der Waals surface area contributed by atoms with E-state index in [0.717, 1.165) is 29.6 Å². The molecule has 112 valence electrons. The molecule has 3 rings (SSSR count). The molecule has 1 aliphatic rings. The van der Waals surface area contributed by atoms with Crippen LogP contribution in [0.1, 0.15) is 35.7 Å². The van der Waals surface area contributed by atoms with Gasteiger partial charge in [0.15, 0.2) is 0 Å². The minimum absolute atomic E-state index is 0.426. The standard InChI is InChI=1S/C17H23N3O/c1-12-15(17(21-3)20(2)19-12)11-18-16(14-9-10-14)13-7-5-4-6-8-13/h4-8,14,16,18H,9-11H2,1-3H3. The molecule has 0 radical (unpaired) electrons. The Morgan fingerprint density at radius 3 is 2.67 bits per heavy atom. The molecule has 0 bridgehead atoms. The Kier molecular flexibility index (Phi) is 3.97. The first-order valence-corrected chi connectivity index (χ1v) is 7.55. The van der Waals surface area contributed by atoms with Gasteiger partial charge in [-0.05, 0) is 31.2 Å². The van der Waals surface area contributed by atoms with Gasteiger partial charge in [-0.2, -0.15) is 5.10 Å². The quantitative estimate of drug-likeness (QED) is 0.887. The second kappa shape index (κ2) is 5.90. The SMILES string of the molecule is COc1c(CNC(c2ccccc2)C2CC2)c(C)nn1C. The van der Waals surface area contributed by atoms with Crippen molar-refractivity contribution >= 4 is 0 Å². The third kappa shape index (κ3) is 2.95. The van der Waals surface area contributed by atoms with Gasteiger partial charge < -0.3 is 10.1 Å². The Balaban J connectivity index is 1.76. The Morgan fingerprint density at radius 1 is 1.33 bits per heavy atom. The molecular formula is C17H23N3O. The van der Waals surface area contributed by atoms with E-state index in [0.29, 0.717) is 6.04 Å². The zero-order chi connectivity index (χ0) is 14.8. The van der Waals surface area contributed by atoms with Crippen molar-refractivity contribution in [1.82, 2.24) is 15.1 Å². The maximum Gasteiger partial charge on any atom is 0.216 e. The first-order chi connectivity index (χ1) is 10.2. The van der Waals surface area contributed by atoms with Gasteiger partial charge in [0.05, 0.1) is 18.4 Å². The van der Waals surface area contributed by atoms with E-state index in [1.807, 2.05) is 14.0 Å². The summed E-state index contributed by atoms with van der Waals surface area (Å²) in [6, 6.07) is 11.1. The molecule has 1 N–H and O–H groups in total. The van der Waals surface area contributed by atoms with E-state index in [1.54, 1.807) is 11.8 Å². The average Bonchev–Trinajstić information content (AvgIpc) is 3.27. The van der Waals surface area contributed by atoms with E-state index in [2.05, 4.69) is 40.7 Å². The van der Waals surface area contributed by atoms with Crippen molar-refractivity contribution in [2.75, 3.05) is 7.11 Å². The van der Waals surface area contributed by atoms with Crippen molar-refractivity contribution in [2.45, 2.75) is 32.4 Å². The van der Waals surface area contributed by atoms with Crippen LogP contribution >= 0.6 is 0 Å². The molecule has 2 aromatic rings. The lowest BCUT2D eigenvalue weighted by molar-refractivity contribution is 0.365. The summed E-state index contributed by atoms with van der Waals surface area (Å²) in [7, 11) is 3.63. The summed E-state index contributed by atoms with van der Waals surface area (Å²) in [5.41, 5.74) is 3.56. The summed E-state index contributed by atoms with van der Waals surface area (Å²) < 4.78 is 7.28. The number of benzene rings is 1. The highest BCUT2D eigenvalue weighted by molar-refractivity contribution is 5.31. The fourth-order valence-corrected chi connectivity index (χ4v) is 3.00. The van der Waals surface area contributed by atoms with Crippen molar-refractivity contribution < 1.29 is 4.74 Å². The number of aryl methyl sites for hydroxylation is 2. The summed E-state index contributed by atoms with van der Waals surface area (Å²) in [5.74, 6) is 1.61. The summed E-state index contributed by atoms with van der Waals surface area (Å²) in [6.45, 7) is 2.83. The molecule has 0 amide bonds. The van der Waals surface area contributed by atoms with Gasteiger partial charge >= 0.3 is 0 Å². The molecule has 1 fully saturated rings. The number of nitrogens with one attached hydrogen (secondary N) is 1. The van der Waals surface area contributed by atoms with E-state index < -0.39 is 0 Å². The fraction of sp³-hybridized carbons (Fsp3) is 0.471. The van der Waals surface area contributed by atoms with E-state index in [1.165, 1.54) is 18.4 Å². The lowest BCUT2D eigenvalue weighted by Gasteiger charge is -2.19. The van der Waals surface area contributed by atoms with Gasteiger partial charge in [-0.1, -0.05) is 30.3 Å². The summed E-state index contributed by atoms with van der Waals surface area (Å²) in [4.78, 5) is 0. The van der Waals surface area contributed by atoms with Crippen LogP contribution in [0, 0.1) is 12.8 Å². The minimum Gasteiger partial charge on any atom is -0.481 e. The molecule has 1 aromatic carbocycles. The van der Waals surface area contributed by atoms with Gasteiger partial charge in [-0.25, -0.2) is 4.68 Å². The Bertz CT molecular complexity index is 602. The maximum absolute atomic E-state index is 5.47. The molecule has 1 heterocycles. The van der Waals surface area contributed by atoms with Crippen molar-refractivity contribution in [3.8, 4) is 5.88 Å². The van der Waals surface area contributed by atoms with Gasteiger partial charge in [0.1, 0.15) is 0 Å². The number of hydrogen-bond donors (Lipinski definition) is 1. The monoisotopic (exact) mass is 285 g/mol. The molecule has 0 saturated heterocycles. The van der Waals surface area contributed by atoms with Crippen LogP contribution in [0.5, 0.6) is 5.88 Å². The first-order valence-electron chi connectivity index (χ1n) is 7.55. The zero-order valence-electron chi connectivity index (χ0n) is 13.0. The van der Waals surface area contributed by atoms with Crippen molar-refractivity contribution in [3.05, 3.63) is 47.2 Å². The van der Waals surface area contributed by atoms with Crippen LogP contribution in [0.4, 0.5) is 0 Å². The van der Waals surface area contributed by atoms with Crippen molar-refractivity contribution in [1.29, 1.82) is 0 Å². The topological polar surface area (TPSA) is 39.1 Å².